The molecule has 0 aromatic heterocycles. The second-order valence-corrected chi connectivity index (χ2v) is 10.9. The average Bonchev–Trinajstić information content (AvgIpc) is 3.51. The van der Waals surface area contributed by atoms with Crippen LogP contribution in [0.3, 0.4) is 0 Å². The van der Waals surface area contributed by atoms with Gasteiger partial charge in [0.2, 0.25) is 0 Å². The summed E-state index contributed by atoms with van der Waals surface area (Å²) >= 11 is 16.1. The maximum atomic E-state index is 13.2. The number of hydrazone groups is 1. The van der Waals surface area contributed by atoms with Crippen LogP contribution in [-0.2, 0) is 4.79 Å². The zero-order valence-electron chi connectivity index (χ0n) is 18.9. The van der Waals surface area contributed by atoms with Gasteiger partial charge in [0, 0.05) is 48.1 Å². The number of halogens is 3. The van der Waals surface area contributed by atoms with E-state index in [-0.39, 0.29) is 11.9 Å². The molecular formula is C25H28BrCl2N5O. The minimum Gasteiger partial charge on any atom is -0.298 e. The Labute approximate surface area is 219 Å². The Balaban J connectivity index is 1.30. The molecule has 180 valence electrons. The normalized spacial score (nSPS) is 22.3. The van der Waals surface area contributed by atoms with Gasteiger partial charge in [-0.15, -0.1) is 0 Å². The smallest absolute Gasteiger partial charge is 0.281 e. The van der Waals surface area contributed by atoms with Crippen LogP contribution in [0.4, 0.5) is 5.69 Å². The van der Waals surface area contributed by atoms with Gasteiger partial charge in [0.25, 0.3) is 5.91 Å². The fourth-order valence-electron chi connectivity index (χ4n) is 5.16. The lowest BCUT2D eigenvalue weighted by atomic mass is 10.0. The van der Waals surface area contributed by atoms with Crippen molar-refractivity contribution in [1.29, 1.82) is 0 Å². The number of anilines is 1. The van der Waals surface area contributed by atoms with E-state index < -0.39 is 0 Å². The number of carbonyl (C=O) groups is 1. The van der Waals surface area contributed by atoms with Gasteiger partial charge in [-0.05, 0) is 48.7 Å². The average molecular weight is 565 g/mol. The summed E-state index contributed by atoms with van der Waals surface area (Å²) in [5.74, 6) is -0.149. The third kappa shape index (κ3) is 5.29. The number of rotatable bonds is 5. The number of hydrazine groups is 1. The van der Waals surface area contributed by atoms with Gasteiger partial charge >= 0.3 is 0 Å². The molecule has 2 heterocycles. The molecule has 1 aliphatic carbocycles. The topological polar surface area (TPSA) is 51.2 Å². The fraction of sp³-hybridized carbons (Fsp3) is 0.440. The Morgan fingerprint density at radius 2 is 1.71 bits per heavy atom. The Morgan fingerprint density at radius 1 is 1.00 bits per heavy atom. The molecule has 1 saturated carbocycles. The van der Waals surface area contributed by atoms with Crippen molar-refractivity contribution in [3.8, 4) is 0 Å². The van der Waals surface area contributed by atoms with Gasteiger partial charge in [-0.25, -0.2) is 5.01 Å². The zero-order valence-corrected chi connectivity index (χ0v) is 22.0. The van der Waals surface area contributed by atoms with Crippen molar-refractivity contribution in [1.82, 2.24) is 15.3 Å². The molecule has 5 rings (SSSR count). The van der Waals surface area contributed by atoms with Crippen LogP contribution >= 0.6 is 39.1 Å². The van der Waals surface area contributed by atoms with Crippen LogP contribution in [0.2, 0.25) is 10.0 Å². The van der Waals surface area contributed by atoms with E-state index in [2.05, 4.69) is 26.3 Å². The molecule has 0 radical (unpaired) electrons. The van der Waals surface area contributed by atoms with Crippen molar-refractivity contribution in [3.05, 3.63) is 62.5 Å². The SMILES string of the molecule is O=C(NN1CCN(C2CCCC2)CC1)C1=NN(c2ccc(Cl)cc2Cl)C(c2ccc(Br)cc2)C1. The standard InChI is InChI=1S/C25H28BrCl2N5O/c26-18-7-5-17(6-8-18)24-16-22(29-33(24)23-10-9-19(27)15-21(23)28)25(34)30-32-13-11-31(12-14-32)20-3-1-2-4-20/h5-10,15,20,24H,1-4,11-14,16H2,(H,30,34). The maximum absolute atomic E-state index is 13.2. The van der Waals surface area contributed by atoms with E-state index in [1.54, 1.807) is 12.1 Å². The molecular weight excluding hydrogens is 537 g/mol. The van der Waals surface area contributed by atoms with E-state index in [0.29, 0.717) is 22.2 Å². The lowest BCUT2D eigenvalue weighted by Crippen LogP contribution is -2.56. The highest BCUT2D eigenvalue weighted by atomic mass is 79.9. The molecule has 3 aliphatic rings. The van der Waals surface area contributed by atoms with E-state index in [9.17, 15) is 4.79 Å². The molecule has 1 saturated heterocycles. The van der Waals surface area contributed by atoms with E-state index in [0.717, 1.165) is 47.9 Å². The predicted octanol–water partition coefficient (Wildman–Crippen LogP) is 5.65. The molecule has 9 heteroatoms. The molecule has 1 atom stereocenters. The van der Waals surface area contributed by atoms with Crippen LogP contribution in [0, 0.1) is 0 Å². The molecule has 1 unspecified atom stereocenters. The number of amides is 1. The fourth-order valence-corrected chi connectivity index (χ4v) is 5.92. The summed E-state index contributed by atoms with van der Waals surface area (Å²) < 4.78 is 1.00. The molecule has 2 aromatic rings. The molecule has 2 fully saturated rings. The number of hydrogen-bond acceptors (Lipinski definition) is 5. The molecule has 6 nitrogen and oxygen atoms in total. The van der Waals surface area contributed by atoms with Gasteiger partial charge in [0.1, 0.15) is 5.71 Å². The highest BCUT2D eigenvalue weighted by molar-refractivity contribution is 9.10. The van der Waals surface area contributed by atoms with Crippen molar-refractivity contribution in [2.45, 2.75) is 44.2 Å². The molecule has 2 aromatic carbocycles. The summed E-state index contributed by atoms with van der Waals surface area (Å²) in [4.78, 5) is 15.8. The van der Waals surface area contributed by atoms with Crippen LogP contribution in [0.25, 0.3) is 0 Å². The minimum atomic E-state index is -0.149. The Bertz CT molecular complexity index is 1070. The Morgan fingerprint density at radius 3 is 2.38 bits per heavy atom. The first-order chi connectivity index (χ1) is 16.5. The summed E-state index contributed by atoms with van der Waals surface area (Å²) in [6.07, 6.45) is 5.80. The molecule has 1 amide bonds. The van der Waals surface area contributed by atoms with Gasteiger partial charge < -0.3 is 0 Å². The van der Waals surface area contributed by atoms with Crippen LogP contribution in [-0.4, -0.2) is 53.7 Å². The third-order valence-corrected chi connectivity index (χ3v) is 8.07. The van der Waals surface area contributed by atoms with Crippen LogP contribution in [0.1, 0.15) is 43.7 Å². The summed E-state index contributed by atoms with van der Waals surface area (Å²) in [7, 11) is 0. The van der Waals surface area contributed by atoms with Gasteiger partial charge in [-0.3, -0.25) is 20.1 Å². The van der Waals surface area contributed by atoms with Gasteiger partial charge in [0.15, 0.2) is 0 Å². The van der Waals surface area contributed by atoms with Gasteiger partial charge in [0.05, 0.1) is 16.8 Å². The third-order valence-electron chi connectivity index (χ3n) is 7.00. The summed E-state index contributed by atoms with van der Waals surface area (Å²) in [6.45, 7) is 3.65. The Hall–Kier alpha value is -1.64. The number of hydrogen-bond donors (Lipinski definition) is 1. The summed E-state index contributed by atoms with van der Waals surface area (Å²) in [6, 6.07) is 14.0. The largest absolute Gasteiger partial charge is 0.298 e. The number of carbonyl (C=O) groups excluding carboxylic acids is 1. The van der Waals surface area contributed by atoms with Crippen LogP contribution in [0.15, 0.2) is 52.0 Å². The summed E-state index contributed by atoms with van der Waals surface area (Å²) in [5.41, 5.74) is 5.38. The maximum Gasteiger partial charge on any atom is 0.281 e. The number of piperazine rings is 1. The lowest BCUT2D eigenvalue weighted by molar-refractivity contribution is -0.120. The zero-order chi connectivity index (χ0) is 23.7. The first-order valence-electron chi connectivity index (χ1n) is 11.8. The van der Waals surface area contributed by atoms with Gasteiger partial charge in [-0.2, -0.15) is 5.10 Å². The number of nitrogens with one attached hydrogen (secondary N) is 1. The lowest BCUT2D eigenvalue weighted by Gasteiger charge is -2.37. The van der Waals surface area contributed by atoms with E-state index in [1.165, 1.54) is 25.7 Å². The second-order valence-electron chi connectivity index (χ2n) is 9.16. The van der Waals surface area contributed by atoms with E-state index in [1.807, 2.05) is 40.3 Å². The molecule has 2 aliphatic heterocycles. The van der Waals surface area contributed by atoms with E-state index in [4.69, 9.17) is 28.3 Å². The van der Waals surface area contributed by atoms with Crippen LogP contribution < -0.4 is 10.4 Å². The van der Waals surface area contributed by atoms with E-state index >= 15 is 0 Å². The monoisotopic (exact) mass is 563 g/mol. The van der Waals surface area contributed by atoms with Crippen molar-refractivity contribution in [3.63, 3.8) is 0 Å². The molecule has 0 spiro atoms. The van der Waals surface area contributed by atoms with Crippen molar-refractivity contribution in [2.24, 2.45) is 5.10 Å². The molecule has 1 N–H and O–H groups in total. The highest BCUT2D eigenvalue weighted by Crippen LogP contribution is 2.40. The van der Waals surface area contributed by atoms with Gasteiger partial charge in [-0.1, -0.05) is 64.1 Å². The first kappa shape index (κ1) is 24.1. The molecule has 0 bridgehead atoms. The second kappa shape index (κ2) is 10.5. The number of nitrogens with zero attached hydrogens (tertiary/aromatic N) is 4. The number of benzene rings is 2. The summed E-state index contributed by atoms with van der Waals surface area (Å²) in [5, 5.41) is 9.67. The minimum absolute atomic E-state index is 0.133. The van der Waals surface area contributed by atoms with Crippen molar-refractivity contribution >= 4 is 56.4 Å². The van der Waals surface area contributed by atoms with Crippen LogP contribution in [0.5, 0.6) is 0 Å². The van der Waals surface area contributed by atoms with Crippen molar-refractivity contribution in [2.75, 3.05) is 31.2 Å². The Kier molecular flexibility index (Phi) is 7.46. The quantitative estimate of drug-likeness (QED) is 0.509. The highest BCUT2D eigenvalue weighted by Gasteiger charge is 2.34. The van der Waals surface area contributed by atoms with Crippen molar-refractivity contribution < 1.29 is 4.79 Å². The predicted molar refractivity (Wildman–Crippen MR) is 141 cm³/mol. The molecule has 34 heavy (non-hydrogen) atoms. The first-order valence-corrected chi connectivity index (χ1v) is 13.4.